The van der Waals surface area contributed by atoms with E-state index in [1.807, 2.05) is 30.5 Å². The summed E-state index contributed by atoms with van der Waals surface area (Å²) in [5.74, 6) is 0.978. The van der Waals surface area contributed by atoms with Crippen LogP contribution in [0.25, 0.3) is 17.5 Å². The van der Waals surface area contributed by atoms with Gasteiger partial charge in [0.25, 0.3) is 0 Å². The van der Waals surface area contributed by atoms with Gasteiger partial charge in [0, 0.05) is 18.2 Å². The molecule has 2 aliphatic rings. The molecule has 5 rings (SSSR count). The maximum absolute atomic E-state index is 5.78. The lowest BCUT2D eigenvalue weighted by Gasteiger charge is -2.15. The van der Waals surface area contributed by atoms with Crippen LogP contribution in [-0.4, -0.2) is 11.6 Å². The predicted octanol–water partition coefficient (Wildman–Crippen LogP) is 4.38. The quantitative estimate of drug-likeness (QED) is 0.719. The minimum Gasteiger partial charge on any atom is -0.493 e. The van der Waals surface area contributed by atoms with E-state index in [9.17, 15) is 0 Å². The molecule has 4 heteroatoms. The summed E-state index contributed by atoms with van der Waals surface area (Å²) in [5, 5.41) is 7.26. The molecule has 28 heavy (non-hydrogen) atoms. The molecule has 1 aromatic heterocycles. The van der Waals surface area contributed by atoms with Gasteiger partial charge in [-0.2, -0.15) is 0 Å². The van der Waals surface area contributed by atoms with Crippen LogP contribution in [0, 0.1) is 0 Å². The van der Waals surface area contributed by atoms with Gasteiger partial charge in [0.1, 0.15) is 11.9 Å². The smallest absolute Gasteiger partial charge is 0.123 e. The van der Waals surface area contributed by atoms with Crippen LogP contribution in [0.2, 0.25) is 0 Å². The standard InChI is InChI=1S/C24H21N3O/c1-2-16-6-8-18(9-7-16)24-26-22(23(27-24)20-5-3-4-13-25-20)19-11-10-17-12-14-28-21(17)15-19/h2-11,13,15,24,26-27H,1,12,14H2. The largest absolute Gasteiger partial charge is 0.493 e. The van der Waals surface area contributed by atoms with Crippen molar-refractivity contribution >= 4 is 17.5 Å². The summed E-state index contributed by atoms with van der Waals surface area (Å²) in [5.41, 5.74) is 7.58. The van der Waals surface area contributed by atoms with Crippen molar-refractivity contribution in [3.8, 4) is 5.75 Å². The Balaban J connectivity index is 1.54. The van der Waals surface area contributed by atoms with Crippen LogP contribution in [0.5, 0.6) is 5.75 Å². The fraction of sp³-hybridized carbons (Fsp3) is 0.125. The van der Waals surface area contributed by atoms with Crippen molar-refractivity contribution in [3.05, 3.63) is 101 Å². The van der Waals surface area contributed by atoms with Crippen molar-refractivity contribution in [2.45, 2.75) is 12.6 Å². The third-order valence-corrected chi connectivity index (χ3v) is 5.24. The Kier molecular flexibility index (Phi) is 4.09. The molecule has 0 radical (unpaired) electrons. The number of aromatic nitrogens is 1. The van der Waals surface area contributed by atoms with E-state index in [0.29, 0.717) is 0 Å². The van der Waals surface area contributed by atoms with Crippen molar-refractivity contribution in [1.29, 1.82) is 0 Å². The second kappa shape index (κ2) is 6.89. The Bertz CT molecular complexity index is 1050. The Morgan fingerprint density at radius 3 is 2.64 bits per heavy atom. The van der Waals surface area contributed by atoms with Gasteiger partial charge >= 0.3 is 0 Å². The molecule has 138 valence electrons. The minimum atomic E-state index is -0.0277. The lowest BCUT2D eigenvalue weighted by atomic mass is 10.1. The first-order valence-electron chi connectivity index (χ1n) is 9.49. The van der Waals surface area contributed by atoms with Gasteiger partial charge < -0.3 is 15.4 Å². The molecule has 0 fully saturated rings. The van der Waals surface area contributed by atoms with E-state index < -0.39 is 0 Å². The van der Waals surface area contributed by atoms with E-state index in [0.717, 1.165) is 52.6 Å². The van der Waals surface area contributed by atoms with E-state index in [4.69, 9.17) is 4.74 Å². The van der Waals surface area contributed by atoms with Crippen molar-refractivity contribution < 1.29 is 4.74 Å². The number of hydrogen-bond donors (Lipinski definition) is 2. The van der Waals surface area contributed by atoms with Gasteiger partial charge in [0.05, 0.1) is 23.7 Å². The van der Waals surface area contributed by atoms with Gasteiger partial charge in [-0.25, -0.2) is 0 Å². The lowest BCUT2D eigenvalue weighted by Crippen LogP contribution is -2.23. The summed E-state index contributed by atoms with van der Waals surface area (Å²) in [4.78, 5) is 4.56. The zero-order chi connectivity index (χ0) is 18.9. The topological polar surface area (TPSA) is 46.2 Å². The highest BCUT2D eigenvalue weighted by Gasteiger charge is 2.27. The highest BCUT2D eigenvalue weighted by atomic mass is 16.5. The van der Waals surface area contributed by atoms with E-state index in [1.54, 1.807) is 0 Å². The maximum Gasteiger partial charge on any atom is 0.123 e. The zero-order valence-corrected chi connectivity index (χ0v) is 15.5. The van der Waals surface area contributed by atoms with E-state index >= 15 is 0 Å². The van der Waals surface area contributed by atoms with Crippen LogP contribution in [0.4, 0.5) is 0 Å². The first-order valence-corrected chi connectivity index (χ1v) is 9.49. The van der Waals surface area contributed by atoms with Crippen molar-refractivity contribution in [2.75, 3.05) is 6.61 Å². The number of rotatable bonds is 4. The number of pyridine rings is 1. The summed E-state index contributed by atoms with van der Waals surface area (Å²) < 4.78 is 5.78. The van der Waals surface area contributed by atoms with Gasteiger partial charge in [0.2, 0.25) is 0 Å². The molecule has 2 aliphatic heterocycles. The number of nitrogens with zero attached hydrogens (tertiary/aromatic N) is 1. The molecular formula is C24H21N3O. The molecule has 0 saturated carbocycles. The Morgan fingerprint density at radius 2 is 1.86 bits per heavy atom. The number of benzene rings is 2. The summed E-state index contributed by atoms with van der Waals surface area (Å²) in [6.45, 7) is 4.59. The second-order valence-electron chi connectivity index (χ2n) is 6.98. The predicted molar refractivity (Wildman–Crippen MR) is 112 cm³/mol. The molecule has 2 aromatic carbocycles. The van der Waals surface area contributed by atoms with Gasteiger partial charge in [-0.3, -0.25) is 4.98 Å². The Morgan fingerprint density at radius 1 is 1.00 bits per heavy atom. The highest BCUT2D eigenvalue weighted by Crippen LogP contribution is 2.35. The molecule has 0 amide bonds. The monoisotopic (exact) mass is 367 g/mol. The minimum absolute atomic E-state index is 0.0277. The summed E-state index contributed by atoms with van der Waals surface area (Å²) >= 11 is 0. The molecule has 0 spiro atoms. The summed E-state index contributed by atoms with van der Waals surface area (Å²) in [7, 11) is 0. The van der Waals surface area contributed by atoms with Crippen molar-refractivity contribution in [2.24, 2.45) is 0 Å². The van der Waals surface area contributed by atoms with Crippen molar-refractivity contribution in [1.82, 2.24) is 15.6 Å². The van der Waals surface area contributed by atoms with Crippen LogP contribution >= 0.6 is 0 Å². The first-order chi connectivity index (χ1) is 13.8. The molecule has 3 aromatic rings. The first kappa shape index (κ1) is 16.6. The molecule has 4 nitrogen and oxygen atoms in total. The zero-order valence-electron chi connectivity index (χ0n) is 15.5. The Labute approximate surface area is 164 Å². The average molecular weight is 367 g/mol. The third kappa shape index (κ3) is 2.93. The van der Waals surface area contributed by atoms with Crippen LogP contribution in [0.15, 0.2) is 73.4 Å². The fourth-order valence-corrected chi connectivity index (χ4v) is 3.72. The van der Waals surface area contributed by atoms with Gasteiger partial charge in [-0.15, -0.1) is 0 Å². The number of hydrogen-bond acceptors (Lipinski definition) is 4. The molecule has 0 aliphatic carbocycles. The molecule has 0 bridgehead atoms. The number of ether oxygens (including phenoxy) is 1. The average Bonchev–Trinajstić information content (AvgIpc) is 3.41. The van der Waals surface area contributed by atoms with Crippen LogP contribution in [0.1, 0.15) is 34.1 Å². The molecule has 1 atom stereocenters. The third-order valence-electron chi connectivity index (χ3n) is 5.24. The number of nitrogens with one attached hydrogen (secondary N) is 2. The SMILES string of the molecule is C=Cc1ccc(C2NC(c3ccc4c(c3)OCC4)=C(c3ccccn3)N2)cc1. The highest BCUT2D eigenvalue weighted by molar-refractivity contribution is 5.90. The van der Waals surface area contributed by atoms with E-state index in [-0.39, 0.29) is 6.17 Å². The van der Waals surface area contributed by atoms with Gasteiger partial charge in [0.15, 0.2) is 0 Å². The van der Waals surface area contributed by atoms with Crippen LogP contribution < -0.4 is 15.4 Å². The summed E-state index contributed by atoms with van der Waals surface area (Å²) in [6.07, 6.45) is 4.62. The second-order valence-corrected chi connectivity index (χ2v) is 6.98. The molecule has 3 heterocycles. The molecule has 2 N–H and O–H groups in total. The fourth-order valence-electron chi connectivity index (χ4n) is 3.72. The maximum atomic E-state index is 5.78. The Hall–Kier alpha value is -3.53. The van der Waals surface area contributed by atoms with Gasteiger partial charge in [-0.1, -0.05) is 55.1 Å². The van der Waals surface area contributed by atoms with Crippen LogP contribution in [0.3, 0.4) is 0 Å². The van der Waals surface area contributed by atoms with E-state index in [2.05, 4.69) is 64.7 Å². The van der Waals surface area contributed by atoms with Crippen LogP contribution in [-0.2, 0) is 6.42 Å². The van der Waals surface area contributed by atoms with E-state index in [1.165, 1.54) is 5.56 Å². The molecule has 1 unspecified atom stereocenters. The summed E-state index contributed by atoms with van der Waals surface area (Å²) in [6, 6.07) is 20.8. The molecule has 0 saturated heterocycles. The molecular weight excluding hydrogens is 346 g/mol. The lowest BCUT2D eigenvalue weighted by molar-refractivity contribution is 0.356. The van der Waals surface area contributed by atoms with Crippen molar-refractivity contribution in [3.63, 3.8) is 0 Å². The van der Waals surface area contributed by atoms with Gasteiger partial charge in [-0.05, 0) is 34.9 Å². The normalized spacial score (nSPS) is 17.5. The number of fused-ring (bicyclic) bond motifs is 1.